The van der Waals surface area contributed by atoms with E-state index >= 15 is 0 Å². The second-order valence-electron chi connectivity index (χ2n) is 3.66. The van der Waals surface area contributed by atoms with Gasteiger partial charge in [-0.15, -0.1) is 0 Å². The molecule has 2 rings (SSSR count). The van der Waals surface area contributed by atoms with Crippen LogP contribution in [0, 0.1) is 17.4 Å². The Morgan fingerprint density at radius 3 is 2.18 bits per heavy atom. The molecule has 2 aromatic rings. The third-order valence-electron chi connectivity index (χ3n) is 2.22. The molecule has 0 fully saturated rings. The van der Waals surface area contributed by atoms with E-state index in [2.05, 4.69) is 48.5 Å². The summed E-state index contributed by atoms with van der Waals surface area (Å²) >= 11 is 5.68. The Bertz CT molecular complexity index is 520. The summed E-state index contributed by atoms with van der Waals surface area (Å²) in [6.45, 7) is 4.05. The maximum Gasteiger partial charge on any atom is 0.321 e. The molecule has 0 aliphatic heterocycles. The number of nitrogens with zero attached hydrogens (tertiary/aromatic N) is 2. The molecule has 1 aromatic heterocycles. The molecule has 0 saturated heterocycles. The van der Waals surface area contributed by atoms with Crippen molar-refractivity contribution in [1.82, 2.24) is 9.97 Å². The lowest BCUT2D eigenvalue weighted by Crippen LogP contribution is -1.93. The monoisotopic (exact) mass is 404 g/mol. The van der Waals surface area contributed by atoms with Crippen LogP contribution in [0.15, 0.2) is 29.0 Å². The van der Waals surface area contributed by atoms with Crippen molar-refractivity contribution in [3.63, 3.8) is 0 Å². The molecule has 5 heteroatoms. The van der Waals surface area contributed by atoms with Crippen LogP contribution in [0.1, 0.15) is 11.1 Å². The molecule has 0 atom stereocenters. The van der Waals surface area contributed by atoms with Gasteiger partial charge in [0.15, 0.2) is 0 Å². The molecule has 17 heavy (non-hydrogen) atoms. The Kier molecular flexibility index (Phi) is 3.98. The highest BCUT2D eigenvalue weighted by atomic mass is 127. The van der Waals surface area contributed by atoms with Crippen LogP contribution < -0.4 is 4.74 Å². The molecular formula is C12H10BrIN2O. The molecule has 88 valence electrons. The van der Waals surface area contributed by atoms with Crippen molar-refractivity contribution < 1.29 is 4.74 Å². The first kappa shape index (κ1) is 12.8. The minimum Gasteiger partial charge on any atom is -0.424 e. The highest BCUT2D eigenvalue weighted by Gasteiger charge is 2.05. The van der Waals surface area contributed by atoms with Gasteiger partial charge in [0.2, 0.25) is 0 Å². The molecule has 0 bridgehead atoms. The van der Waals surface area contributed by atoms with Gasteiger partial charge in [0, 0.05) is 20.4 Å². The van der Waals surface area contributed by atoms with Crippen molar-refractivity contribution in [3.05, 3.63) is 43.7 Å². The second-order valence-corrected chi connectivity index (χ2v) is 5.70. The number of benzene rings is 1. The van der Waals surface area contributed by atoms with Crippen molar-refractivity contribution in [2.75, 3.05) is 0 Å². The van der Waals surface area contributed by atoms with E-state index in [0.29, 0.717) is 6.01 Å². The first-order valence-corrected chi connectivity index (χ1v) is 6.85. The number of aryl methyl sites for hydroxylation is 2. The van der Waals surface area contributed by atoms with E-state index in [9.17, 15) is 0 Å². The molecule has 0 N–H and O–H groups in total. The topological polar surface area (TPSA) is 35.0 Å². The van der Waals surface area contributed by atoms with Crippen molar-refractivity contribution in [1.29, 1.82) is 0 Å². The molecule has 0 amide bonds. The lowest BCUT2D eigenvalue weighted by Gasteiger charge is -2.08. The lowest BCUT2D eigenvalue weighted by molar-refractivity contribution is 0.440. The SMILES string of the molecule is Cc1cc(Oc2ncc(I)cn2)cc(C)c1Br. The number of aromatic nitrogens is 2. The molecule has 1 aromatic carbocycles. The van der Waals surface area contributed by atoms with Gasteiger partial charge in [0.25, 0.3) is 0 Å². The molecule has 0 unspecified atom stereocenters. The largest absolute Gasteiger partial charge is 0.424 e. The number of hydrogen-bond donors (Lipinski definition) is 0. The average molecular weight is 405 g/mol. The summed E-state index contributed by atoms with van der Waals surface area (Å²) in [4.78, 5) is 8.21. The zero-order chi connectivity index (χ0) is 12.4. The summed E-state index contributed by atoms with van der Waals surface area (Å²) in [5.74, 6) is 0.754. The van der Waals surface area contributed by atoms with Crippen LogP contribution in [0.5, 0.6) is 11.8 Å². The van der Waals surface area contributed by atoms with Crippen LogP contribution >= 0.6 is 38.5 Å². The highest BCUT2D eigenvalue weighted by molar-refractivity contribution is 14.1. The van der Waals surface area contributed by atoms with Crippen LogP contribution in [0.4, 0.5) is 0 Å². The first-order chi connectivity index (χ1) is 8.06. The summed E-state index contributed by atoms with van der Waals surface area (Å²) in [7, 11) is 0. The van der Waals surface area contributed by atoms with Crippen LogP contribution in [-0.4, -0.2) is 9.97 Å². The van der Waals surface area contributed by atoms with Gasteiger partial charge in [-0.3, -0.25) is 0 Å². The van der Waals surface area contributed by atoms with E-state index in [-0.39, 0.29) is 0 Å². The van der Waals surface area contributed by atoms with Gasteiger partial charge in [-0.05, 0) is 59.7 Å². The first-order valence-electron chi connectivity index (χ1n) is 4.98. The maximum atomic E-state index is 5.60. The van der Waals surface area contributed by atoms with Crippen molar-refractivity contribution >= 4 is 38.5 Å². The van der Waals surface area contributed by atoms with E-state index in [0.717, 1.165) is 24.9 Å². The fourth-order valence-corrected chi connectivity index (χ4v) is 1.93. The molecule has 1 heterocycles. The van der Waals surface area contributed by atoms with E-state index < -0.39 is 0 Å². The van der Waals surface area contributed by atoms with Crippen molar-refractivity contribution in [3.8, 4) is 11.8 Å². The molecular weight excluding hydrogens is 395 g/mol. The zero-order valence-corrected chi connectivity index (χ0v) is 13.1. The fourth-order valence-electron chi connectivity index (χ4n) is 1.42. The smallest absolute Gasteiger partial charge is 0.321 e. The lowest BCUT2D eigenvalue weighted by atomic mass is 10.1. The summed E-state index contributed by atoms with van der Waals surface area (Å²) in [6.07, 6.45) is 3.45. The molecule has 0 radical (unpaired) electrons. The summed E-state index contributed by atoms with van der Waals surface area (Å²) < 4.78 is 7.69. The van der Waals surface area contributed by atoms with E-state index in [1.54, 1.807) is 12.4 Å². The maximum absolute atomic E-state index is 5.60. The molecule has 0 spiro atoms. The van der Waals surface area contributed by atoms with Crippen molar-refractivity contribution in [2.45, 2.75) is 13.8 Å². The van der Waals surface area contributed by atoms with Gasteiger partial charge in [0.05, 0.1) is 0 Å². The normalized spacial score (nSPS) is 10.4. The van der Waals surface area contributed by atoms with Crippen LogP contribution in [-0.2, 0) is 0 Å². The zero-order valence-electron chi connectivity index (χ0n) is 9.37. The Morgan fingerprint density at radius 2 is 1.65 bits per heavy atom. The quantitative estimate of drug-likeness (QED) is 0.701. The fraction of sp³-hybridized carbons (Fsp3) is 0.167. The average Bonchev–Trinajstić information content (AvgIpc) is 2.29. The van der Waals surface area contributed by atoms with Crippen LogP contribution in [0.25, 0.3) is 0 Å². The Hall–Kier alpha value is -0.690. The third-order valence-corrected chi connectivity index (χ3v) is 4.02. The summed E-state index contributed by atoms with van der Waals surface area (Å²) in [6, 6.07) is 4.28. The summed E-state index contributed by atoms with van der Waals surface area (Å²) in [5.41, 5.74) is 2.26. The number of hydrogen-bond acceptors (Lipinski definition) is 3. The van der Waals surface area contributed by atoms with Gasteiger partial charge in [-0.1, -0.05) is 15.9 Å². The molecule has 3 nitrogen and oxygen atoms in total. The van der Waals surface area contributed by atoms with Gasteiger partial charge in [0.1, 0.15) is 5.75 Å². The Labute approximate surface area is 122 Å². The van der Waals surface area contributed by atoms with Gasteiger partial charge in [-0.2, -0.15) is 0 Å². The van der Waals surface area contributed by atoms with Crippen molar-refractivity contribution in [2.24, 2.45) is 0 Å². The predicted octanol–water partition coefficient (Wildman–Crippen LogP) is 4.25. The molecule has 0 aliphatic carbocycles. The van der Waals surface area contributed by atoms with Crippen LogP contribution in [0.2, 0.25) is 0 Å². The number of halogens is 2. The molecule has 0 saturated carbocycles. The minimum absolute atomic E-state index is 0.367. The second kappa shape index (κ2) is 5.30. The van der Waals surface area contributed by atoms with Gasteiger partial charge < -0.3 is 4.74 Å². The number of rotatable bonds is 2. The van der Waals surface area contributed by atoms with E-state index in [1.807, 2.05) is 26.0 Å². The number of ether oxygens (including phenoxy) is 1. The van der Waals surface area contributed by atoms with Crippen LogP contribution in [0.3, 0.4) is 0 Å². The van der Waals surface area contributed by atoms with E-state index in [1.165, 1.54) is 0 Å². The predicted molar refractivity (Wildman–Crippen MR) is 78.4 cm³/mol. The standard InChI is InChI=1S/C12H10BrIN2O/c1-7-3-10(4-8(2)11(7)13)17-12-15-5-9(14)6-16-12/h3-6H,1-2H3. The van der Waals surface area contributed by atoms with Gasteiger partial charge in [-0.25, -0.2) is 9.97 Å². The highest BCUT2D eigenvalue weighted by Crippen LogP contribution is 2.28. The Balaban J connectivity index is 2.27. The molecule has 0 aliphatic rings. The third kappa shape index (κ3) is 3.16. The minimum atomic E-state index is 0.367. The van der Waals surface area contributed by atoms with E-state index in [4.69, 9.17) is 4.74 Å². The summed E-state index contributed by atoms with van der Waals surface area (Å²) in [5, 5.41) is 0. The van der Waals surface area contributed by atoms with Gasteiger partial charge >= 0.3 is 6.01 Å². The Morgan fingerprint density at radius 1 is 1.12 bits per heavy atom.